The molecule has 0 aliphatic carbocycles. The average Bonchev–Trinajstić information content (AvgIpc) is 2.14. The number of hydrogen-bond acceptors (Lipinski definition) is 4. The standard InChI is InChI=1S/C8H16O4/c1-8(5-9,6-10)4-7(11-2)12-3/h5,7,10H,4,6H2,1-3H3. The lowest BCUT2D eigenvalue weighted by atomic mass is 9.89. The summed E-state index contributed by atoms with van der Waals surface area (Å²) in [6, 6.07) is 0. The molecule has 0 heterocycles. The summed E-state index contributed by atoms with van der Waals surface area (Å²) in [5.74, 6) is 0. The summed E-state index contributed by atoms with van der Waals surface area (Å²) in [5.41, 5.74) is -0.767. The van der Waals surface area contributed by atoms with Crippen molar-refractivity contribution in [2.24, 2.45) is 5.41 Å². The molecular formula is C8H16O4. The summed E-state index contributed by atoms with van der Waals surface area (Å²) >= 11 is 0. The fourth-order valence-corrected chi connectivity index (χ4v) is 0.794. The van der Waals surface area contributed by atoms with Crippen LogP contribution < -0.4 is 0 Å². The zero-order chi connectivity index (χ0) is 9.61. The van der Waals surface area contributed by atoms with E-state index in [1.165, 1.54) is 14.2 Å². The highest BCUT2D eigenvalue weighted by Crippen LogP contribution is 2.20. The summed E-state index contributed by atoms with van der Waals surface area (Å²) in [7, 11) is 2.99. The van der Waals surface area contributed by atoms with Crippen molar-refractivity contribution in [3.63, 3.8) is 0 Å². The van der Waals surface area contributed by atoms with E-state index < -0.39 is 11.7 Å². The van der Waals surface area contributed by atoms with E-state index >= 15 is 0 Å². The zero-order valence-corrected chi connectivity index (χ0v) is 7.74. The van der Waals surface area contributed by atoms with Gasteiger partial charge < -0.3 is 19.4 Å². The number of carbonyl (C=O) groups excluding carboxylic acids is 1. The smallest absolute Gasteiger partial charge is 0.157 e. The number of aliphatic hydroxyl groups is 1. The molecule has 72 valence electrons. The van der Waals surface area contributed by atoms with Gasteiger partial charge in [0.05, 0.1) is 12.0 Å². The van der Waals surface area contributed by atoms with Crippen molar-refractivity contribution in [2.75, 3.05) is 20.8 Å². The second kappa shape index (κ2) is 5.24. The van der Waals surface area contributed by atoms with Crippen molar-refractivity contribution in [1.29, 1.82) is 0 Å². The van der Waals surface area contributed by atoms with Gasteiger partial charge in [-0.05, 0) is 0 Å². The minimum absolute atomic E-state index is 0.195. The number of hydrogen-bond donors (Lipinski definition) is 1. The highest BCUT2D eigenvalue weighted by molar-refractivity contribution is 5.58. The number of aldehydes is 1. The van der Waals surface area contributed by atoms with Crippen molar-refractivity contribution in [3.8, 4) is 0 Å². The van der Waals surface area contributed by atoms with Crippen LogP contribution in [-0.2, 0) is 14.3 Å². The Hall–Kier alpha value is -0.450. The van der Waals surface area contributed by atoms with E-state index in [1.807, 2.05) is 0 Å². The lowest BCUT2D eigenvalue weighted by molar-refractivity contribution is -0.140. The fraction of sp³-hybridized carbons (Fsp3) is 0.875. The van der Waals surface area contributed by atoms with E-state index in [4.69, 9.17) is 14.6 Å². The molecule has 0 aliphatic rings. The normalized spacial score (nSPS) is 16.1. The van der Waals surface area contributed by atoms with E-state index in [0.717, 1.165) is 6.29 Å². The van der Waals surface area contributed by atoms with Gasteiger partial charge in [-0.25, -0.2) is 0 Å². The summed E-state index contributed by atoms with van der Waals surface area (Å²) in [6.07, 6.45) is 0.644. The van der Waals surface area contributed by atoms with E-state index in [9.17, 15) is 4.79 Å². The Labute approximate surface area is 72.5 Å². The SMILES string of the molecule is COC(CC(C)(C=O)CO)OC. The predicted molar refractivity (Wildman–Crippen MR) is 43.7 cm³/mol. The molecule has 0 aromatic heterocycles. The van der Waals surface area contributed by atoms with Gasteiger partial charge in [0.15, 0.2) is 6.29 Å². The third kappa shape index (κ3) is 3.30. The van der Waals surface area contributed by atoms with Crippen LogP contribution in [0.4, 0.5) is 0 Å². The molecule has 0 aromatic carbocycles. The molecule has 0 aromatic rings. The average molecular weight is 176 g/mol. The summed E-state index contributed by atoms with van der Waals surface area (Å²) in [4.78, 5) is 10.6. The lowest BCUT2D eigenvalue weighted by Crippen LogP contribution is -2.30. The van der Waals surface area contributed by atoms with Gasteiger partial charge in [0.25, 0.3) is 0 Å². The van der Waals surface area contributed by atoms with Crippen LogP contribution in [0.3, 0.4) is 0 Å². The predicted octanol–water partition coefficient (Wildman–Crippen LogP) is 0.193. The number of ether oxygens (including phenoxy) is 2. The van der Waals surface area contributed by atoms with Gasteiger partial charge in [-0.2, -0.15) is 0 Å². The molecular weight excluding hydrogens is 160 g/mol. The van der Waals surface area contributed by atoms with Crippen LogP contribution in [0, 0.1) is 5.41 Å². The molecule has 0 spiro atoms. The quantitative estimate of drug-likeness (QED) is 0.463. The van der Waals surface area contributed by atoms with E-state index in [0.29, 0.717) is 6.42 Å². The highest BCUT2D eigenvalue weighted by atomic mass is 16.7. The molecule has 1 N–H and O–H groups in total. The Morgan fingerprint density at radius 3 is 2.25 bits per heavy atom. The first-order valence-corrected chi connectivity index (χ1v) is 3.74. The molecule has 1 atom stereocenters. The minimum Gasteiger partial charge on any atom is -0.395 e. The van der Waals surface area contributed by atoms with E-state index in [2.05, 4.69) is 0 Å². The third-order valence-electron chi connectivity index (χ3n) is 1.80. The minimum atomic E-state index is -0.767. The number of methoxy groups -OCH3 is 2. The first-order valence-electron chi connectivity index (χ1n) is 3.74. The Bertz CT molecular complexity index is 133. The van der Waals surface area contributed by atoms with Gasteiger partial charge in [-0.1, -0.05) is 6.92 Å². The van der Waals surface area contributed by atoms with E-state index in [1.54, 1.807) is 6.92 Å². The van der Waals surface area contributed by atoms with Crippen LogP contribution in [0.1, 0.15) is 13.3 Å². The largest absolute Gasteiger partial charge is 0.395 e. The number of aliphatic hydroxyl groups excluding tert-OH is 1. The highest BCUT2D eigenvalue weighted by Gasteiger charge is 2.27. The monoisotopic (exact) mass is 176 g/mol. The molecule has 1 unspecified atom stereocenters. The second-order valence-electron chi connectivity index (χ2n) is 3.04. The van der Waals surface area contributed by atoms with Gasteiger partial charge in [0.2, 0.25) is 0 Å². The maximum absolute atomic E-state index is 10.6. The van der Waals surface area contributed by atoms with Gasteiger partial charge in [-0.3, -0.25) is 0 Å². The first-order chi connectivity index (χ1) is 5.61. The number of carbonyl (C=O) groups is 1. The second-order valence-corrected chi connectivity index (χ2v) is 3.04. The Morgan fingerprint density at radius 1 is 1.50 bits per heavy atom. The zero-order valence-electron chi connectivity index (χ0n) is 7.74. The molecule has 0 fully saturated rings. The Morgan fingerprint density at radius 2 is 2.00 bits per heavy atom. The van der Waals surface area contributed by atoms with Crippen LogP contribution >= 0.6 is 0 Å². The molecule has 0 rings (SSSR count). The summed E-state index contributed by atoms with van der Waals surface area (Å²) < 4.78 is 9.81. The van der Waals surface area contributed by atoms with Crippen LogP contribution in [-0.4, -0.2) is 38.5 Å². The van der Waals surface area contributed by atoms with Crippen molar-refractivity contribution < 1.29 is 19.4 Å². The van der Waals surface area contributed by atoms with E-state index in [-0.39, 0.29) is 6.61 Å². The lowest BCUT2D eigenvalue weighted by Gasteiger charge is -2.24. The molecule has 0 aliphatic heterocycles. The Kier molecular flexibility index (Phi) is 5.04. The Balaban J connectivity index is 4.08. The van der Waals surface area contributed by atoms with Gasteiger partial charge >= 0.3 is 0 Å². The van der Waals surface area contributed by atoms with Crippen LogP contribution in [0.25, 0.3) is 0 Å². The van der Waals surface area contributed by atoms with Gasteiger partial charge in [-0.15, -0.1) is 0 Å². The van der Waals surface area contributed by atoms with Crippen molar-refractivity contribution in [2.45, 2.75) is 19.6 Å². The fourth-order valence-electron chi connectivity index (χ4n) is 0.794. The van der Waals surface area contributed by atoms with Crippen molar-refractivity contribution in [3.05, 3.63) is 0 Å². The molecule has 0 saturated carbocycles. The first kappa shape index (κ1) is 11.6. The van der Waals surface area contributed by atoms with Gasteiger partial charge in [0, 0.05) is 20.6 Å². The van der Waals surface area contributed by atoms with Crippen LogP contribution in [0.2, 0.25) is 0 Å². The molecule has 12 heavy (non-hydrogen) atoms. The van der Waals surface area contributed by atoms with Crippen molar-refractivity contribution >= 4 is 6.29 Å². The molecule has 4 heteroatoms. The summed E-state index contributed by atoms with van der Waals surface area (Å²) in [5, 5.41) is 8.88. The van der Waals surface area contributed by atoms with Crippen LogP contribution in [0.5, 0.6) is 0 Å². The summed E-state index contributed by atoms with van der Waals surface area (Å²) in [6.45, 7) is 1.46. The number of rotatable bonds is 6. The maximum atomic E-state index is 10.6. The molecule has 0 saturated heterocycles. The van der Waals surface area contributed by atoms with Crippen LogP contribution in [0.15, 0.2) is 0 Å². The topological polar surface area (TPSA) is 55.8 Å². The molecule has 0 radical (unpaired) electrons. The molecule has 0 bridgehead atoms. The molecule has 4 nitrogen and oxygen atoms in total. The molecule has 0 amide bonds. The third-order valence-corrected chi connectivity index (χ3v) is 1.80. The maximum Gasteiger partial charge on any atom is 0.157 e. The van der Waals surface area contributed by atoms with Gasteiger partial charge in [0.1, 0.15) is 6.29 Å². The van der Waals surface area contributed by atoms with Crippen molar-refractivity contribution in [1.82, 2.24) is 0 Å².